The van der Waals surface area contributed by atoms with Crippen LogP contribution in [0.25, 0.3) is 0 Å². The Morgan fingerprint density at radius 1 is 1.33 bits per heavy atom. The molecular weight excluding hydrogens is 273 g/mol. The molecule has 0 amide bonds. The van der Waals surface area contributed by atoms with Gasteiger partial charge in [0.05, 0.1) is 20.7 Å². The van der Waals surface area contributed by atoms with Crippen molar-refractivity contribution >= 4 is 0 Å². The summed E-state index contributed by atoms with van der Waals surface area (Å²) in [4.78, 5) is 0. The first kappa shape index (κ1) is 12.6. The molecule has 0 aromatic rings. The summed E-state index contributed by atoms with van der Waals surface area (Å²) in [6.45, 7) is 0.428. The fourth-order valence-electron chi connectivity index (χ4n) is 1.72. The number of likely N-dealkylation sites (tertiary alicyclic amines) is 1. The molecular formula is C7H16INO3. The van der Waals surface area contributed by atoms with Crippen LogP contribution < -0.4 is 24.0 Å². The van der Waals surface area contributed by atoms with E-state index in [9.17, 15) is 10.2 Å². The molecule has 3 atom stereocenters. The number of quaternary nitrogens is 1. The van der Waals surface area contributed by atoms with E-state index in [1.807, 2.05) is 14.1 Å². The third-order valence-electron chi connectivity index (χ3n) is 2.53. The minimum Gasteiger partial charge on any atom is -1.00 e. The lowest BCUT2D eigenvalue weighted by Gasteiger charge is -2.30. The van der Waals surface area contributed by atoms with Gasteiger partial charge in [0.25, 0.3) is 0 Å². The lowest BCUT2D eigenvalue weighted by atomic mass is 10.1. The predicted molar refractivity (Wildman–Crippen MR) is 39.9 cm³/mol. The van der Waals surface area contributed by atoms with Crippen molar-refractivity contribution in [1.82, 2.24) is 0 Å². The quantitative estimate of drug-likeness (QED) is 0.335. The molecule has 1 fully saturated rings. The molecule has 5 heteroatoms. The van der Waals surface area contributed by atoms with Gasteiger partial charge in [-0.3, -0.25) is 0 Å². The van der Waals surface area contributed by atoms with Crippen LogP contribution >= 0.6 is 0 Å². The topological polar surface area (TPSA) is 60.7 Å². The van der Waals surface area contributed by atoms with Crippen LogP contribution in [0.3, 0.4) is 0 Å². The van der Waals surface area contributed by atoms with E-state index in [0.717, 1.165) is 0 Å². The molecule has 0 aliphatic carbocycles. The maximum Gasteiger partial charge on any atom is 0.141 e. The fourth-order valence-corrected chi connectivity index (χ4v) is 1.72. The summed E-state index contributed by atoms with van der Waals surface area (Å²) in [5.74, 6) is 0. The average molecular weight is 289 g/mol. The summed E-state index contributed by atoms with van der Waals surface area (Å²) in [7, 11) is 3.78. The number of aliphatic hydroxyl groups is 3. The third-order valence-corrected chi connectivity index (χ3v) is 2.53. The van der Waals surface area contributed by atoms with Gasteiger partial charge in [-0.15, -0.1) is 0 Å². The number of hydrogen-bond acceptors (Lipinski definition) is 3. The lowest BCUT2D eigenvalue weighted by molar-refractivity contribution is -0.905. The van der Waals surface area contributed by atoms with Gasteiger partial charge in [-0.2, -0.15) is 0 Å². The SMILES string of the molecule is C[N+]1(C)C[C@H](O)[C@@H](O)[C@@H]1CO.[I-]. The normalized spacial score (nSPS) is 39.2. The van der Waals surface area contributed by atoms with E-state index < -0.39 is 12.2 Å². The van der Waals surface area contributed by atoms with Crippen LogP contribution in [0.1, 0.15) is 0 Å². The molecule has 0 saturated carbocycles. The molecule has 0 spiro atoms. The molecule has 0 aromatic carbocycles. The van der Waals surface area contributed by atoms with Crippen LogP contribution in [-0.4, -0.2) is 65.3 Å². The molecule has 4 nitrogen and oxygen atoms in total. The maximum atomic E-state index is 9.37. The van der Waals surface area contributed by atoms with Crippen LogP contribution in [0.2, 0.25) is 0 Å². The number of aliphatic hydroxyl groups excluding tert-OH is 3. The van der Waals surface area contributed by atoms with E-state index in [0.29, 0.717) is 11.0 Å². The minimum absolute atomic E-state index is 0. The van der Waals surface area contributed by atoms with Crippen molar-refractivity contribution in [3.63, 3.8) is 0 Å². The molecule has 1 heterocycles. The van der Waals surface area contributed by atoms with Crippen molar-refractivity contribution in [3.05, 3.63) is 0 Å². The fraction of sp³-hybridized carbons (Fsp3) is 1.00. The van der Waals surface area contributed by atoms with E-state index >= 15 is 0 Å². The molecule has 1 rings (SSSR count). The Hall–Kier alpha value is 0.570. The van der Waals surface area contributed by atoms with Gasteiger partial charge in [0.1, 0.15) is 24.8 Å². The second-order valence-corrected chi connectivity index (χ2v) is 3.77. The van der Waals surface area contributed by atoms with E-state index in [1.54, 1.807) is 0 Å². The first-order valence-corrected chi connectivity index (χ1v) is 3.78. The van der Waals surface area contributed by atoms with Crippen LogP contribution in [0.5, 0.6) is 0 Å². The van der Waals surface area contributed by atoms with Crippen LogP contribution in [0.15, 0.2) is 0 Å². The lowest BCUT2D eigenvalue weighted by Crippen LogP contribution is -3.00. The van der Waals surface area contributed by atoms with Crippen molar-refractivity contribution in [2.24, 2.45) is 0 Å². The van der Waals surface area contributed by atoms with Crippen LogP contribution in [-0.2, 0) is 0 Å². The number of rotatable bonds is 1. The van der Waals surface area contributed by atoms with Gasteiger partial charge in [0, 0.05) is 0 Å². The second kappa shape index (κ2) is 4.19. The highest BCUT2D eigenvalue weighted by Gasteiger charge is 2.47. The van der Waals surface area contributed by atoms with Crippen molar-refractivity contribution in [3.8, 4) is 0 Å². The highest BCUT2D eigenvalue weighted by atomic mass is 127. The van der Waals surface area contributed by atoms with Gasteiger partial charge >= 0.3 is 0 Å². The van der Waals surface area contributed by atoms with Gasteiger partial charge in [0.15, 0.2) is 0 Å². The zero-order valence-corrected chi connectivity index (χ0v) is 9.47. The van der Waals surface area contributed by atoms with Gasteiger partial charge in [-0.25, -0.2) is 0 Å². The molecule has 0 unspecified atom stereocenters. The summed E-state index contributed by atoms with van der Waals surface area (Å²) in [6, 6.07) is -0.245. The summed E-state index contributed by atoms with van der Waals surface area (Å²) in [5.41, 5.74) is 0. The highest BCUT2D eigenvalue weighted by molar-refractivity contribution is 4.82. The molecule has 1 saturated heterocycles. The number of nitrogens with zero attached hydrogens (tertiary/aromatic N) is 1. The molecule has 74 valence electrons. The number of likely N-dealkylation sites (N-methyl/N-ethyl adjacent to an activating group) is 1. The first-order chi connectivity index (χ1) is 4.99. The van der Waals surface area contributed by atoms with Crippen LogP contribution in [0, 0.1) is 0 Å². The molecule has 1 aliphatic heterocycles. The predicted octanol–water partition coefficient (Wildman–Crippen LogP) is -4.84. The Morgan fingerprint density at radius 2 is 1.83 bits per heavy atom. The van der Waals surface area contributed by atoms with Crippen molar-refractivity contribution in [2.75, 3.05) is 27.2 Å². The molecule has 1 aliphatic rings. The Kier molecular flexibility index (Phi) is 4.39. The van der Waals surface area contributed by atoms with E-state index in [2.05, 4.69) is 0 Å². The molecule has 0 radical (unpaired) electrons. The molecule has 0 bridgehead atoms. The summed E-state index contributed by atoms with van der Waals surface area (Å²) in [5, 5.41) is 27.5. The number of hydrogen-bond donors (Lipinski definition) is 3. The Labute approximate surface area is 89.4 Å². The first-order valence-electron chi connectivity index (χ1n) is 3.78. The van der Waals surface area contributed by atoms with Gasteiger partial charge < -0.3 is 43.8 Å². The maximum absolute atomic E-state index is 9.37. The zero-order valence-electron chi connectivity index (χ0n) is 7.31. The third kappa shape index (κ3) is 2.08. The second-order valence-electron chi connectivity index (χ2n) is 3.77. The number of halogens is 1. The van der Waals surface area contributed by atoms with Gasteiger partial charge in [-0.05, 0) is 0 Å². The minimum atomic E-state index is -0.782. The zero-order chi connectivity index (χ0) is 8.65. The van der Waals surface area contributed by atoms with E-state index in [-0.39, 0.29) is 36.6 Å². The summed E-state index contributed by atoms with van der Waals surface area (Å²) >= 11 is 0. The summed E-state index contributed by atoms with van der Waals surface area (Å²) in [6.07, 6.45) is -1.47. The van der Waals surface area contributed by atoms with Crippen molar-refractivity contribution in [2.45, 2.75) is 18.2 Å². The molecule has 12 heavy (non-hydrogen) atoms. The average Bonchev–Trinajstić information content (AvgIpc) is 2.03. The monoisotopic (exact) mass is 289 g/mol. The van der Waals surface area contributed by atoms with Crippen molar-refractivity contribution < 1.29 is 43.8 Å². The standard InChI is InChI=1S/C7H16NO3.HI/c1-8(2)3-6(10)7(11)5(8)4-9;/h5-7,9-11H,3-4H2,1-2H3;1H/q+1;/p-1/t5-,6-,7-;/m0./s1. The smallest absolute Gasteiger partial charge is 0.141 e. The van der Waals surface area contributed by atoms with E-state index in [4.69, 9.17) is 5.11 Å². The van der Waals surface area contributed by atoms with E-state index in [1.165, 1.54) is 0 Å². The van der Waals surface area contributed by atoms with Gasteiger partial charge in [0.2, 0.25) is 0 Å². The Balaban J connectivity index is 0.00000121. The Morgan fingerprint density at radius 3 is 2.00 bits per heavy atom. The Bertz CT molecular complexity index is 154. The largest absolute Gasteiger partial charge is 1.00 e. The highest BCUT2D eigenvalue weighted by Crippen LogP contribution is 2.22. The van der Waals surface area contributed by atoms with Crippen LogP contribution in [0.4, 0.5) is 0 Å². The summed E-state index contributed by atoms with van der Waals surface area (Å²) < 4.78 is 0.485. The molecule has 0 aromatic heterocycles. The van der Waals surface area contributed by atoms with Gasteiger partial charge in [-0.1, -0.05) is 0 Å². The van der Waals surface area contributed by atoms with Crippen molar-refractivity contribution in [1.29, 1.82) is 0 Å². The molecule has 3 N–H and O–H groups in total.